The first-order chi connectivity index (χ1) is 21.7. The van der Waals surface area contributed by atoms with Gasteiger partial charge in [-0.2, -0.15) is 0 Å². The van der Waals surface area contributed by atoms with Crippen LogP contribution in [-0.4, -0.2) is 101 Å². The van der Waals surface area contributed by atoms with E-state index < -0.39 is 29.7 Å². The van der Waals surface area contributed by atoms with Crippen LogP contribution in [0.1, 0.15) is 47.2 Å². The second-order valence-corrected chi connectivity index (χ2v) is 12.5. The molecule has 3 saturated heterocycles. The van der Waals surface area contributed by atoms with Crippen molar-refractivity contribution < 1.29 is 32.1 Å². The van der Waals surface area contributed by atoms with Crippen molar-refractivity contribution in [2.24, 2.45) is 0 Å². The minimum absolute atomic E-state index is 0.208. The minimum Gasteiger partial charge on any atom is -0.354 e. The highest BCUT2D eigenvalue weighted by molar-refractivity contribution is 6.05. The Balaban J connectivity index is 0.891. The Labute approximate surface area is 258 Å². The number of carbonyl (C=O) groups excluding carboxylic acids is 3. The Morgan fingerprint density at radius 2 is 1.82 bits per heavy atom. The normalized spacial score (nSPS) is 24.4. The fourth-order valence-corrected chi connectivity index (χ4v) is 7.30. The third-order valence-electron chi connectivity index (χ3n) is 9.64. The van der Waals surface area contributed by atoms with Gasteiger partial charge in [0, 0.05) is 57.3 Å². The molecule has 3 amide bonds. The van der Waals surface area contributed by atoms with Crippen LogP contribution >= 0.6 is 0 Å². The highest BCUT2D eigenvalue weighted by atomic mass is 19.3. The van der Waals surface area contributed by atoms with E-state index in [0.29, 0.717) is 93.8 Å². The molecule has 0 bridgehead atoms. The predicted octanol–water partition coefficient (Wildman–Crippen LogP) is 3.19. The van der Waals surface area contributed by atoms with E-state index in [4.69, 9.17) is 4.52 Å². The summed E-state index contributed by atoms with van der Waals surface area (Å²) in [6, 6.07) is 8.47. The lowest BCUT2D eigenvalue weighted by molar-refractivity contribution is -0.137. The molecule has 3 fully saturated rings. The Morgan fingerprint density at radius 1 is 1.00 bits per heavy atom. The zero-order valence-corrected chi connectivity index (χ0v) is 24.8. The molecule has 13 heteroatoms. The summed E-state index contributed by atoms with van der Waals surface area (Å²) in [6.07, 6.45) is 2.31. The Morgan fingerprint density at radius 3 is 2.60 bits per heavy atom. The molecular formula is C32H35F3N6O4. The summed E-state index contributed by atoms with van der Waals surface area (Å²) >= 11 is 0. The number of imide groups is 1. The fraction of sp³-hybridized carbons (Fsp3) is 0.500. The van der Waals surface area contributed by atoms with Gasteiger partial charge in [-0.15, -0.1) is 0 Å². The van der Waals surface area contributed by atoms with Gasteiger partial charge in [-0.25, -0.2) is 13.2 Å². The summed E-state index contributed by atoms with van der Waals surface area (Å²) in [5.41, 5.74) is 2.81. The third-order valence-corrected chi connectivity index (χ3v) is 9.64. The SMILES string of the molecule is O=C1CCC(N2Cc3cc(CCCN4CCC(N5CCN(c6noc7cc(F)ccc67)CC5)C(F)(F)C4)ccc3C2=O)C(=O)N1. The number of hydrogen-bond donors (Lipinski definition) is 1. The van der Waals surface area contributed by atoms with Gasteiger partial charge >= 0.3 is 0 Å². The van der Waals surface area contributed by atoms with E-state index in [-0.39, 0.29) is 24.8 Å². The summed E-state index contributed by atoms with van der Waals surface area (Å²) < 4.78 is 49.7. The maximum atomic E-state index is 15.5. The summed E-state index contributed by atoms with van der Waals surface area (Å²) in [5.74, 6) is -3.58. The molecule has 1 aromatic heterocycles. The molecule has 2 unspecified atom stereocenters. The molecule has 7 rings (SSSR count). The topological polar surface area (TPSA) is 102 Å². The molecule has 0 spiro atoms. The summed E-state index contributed by atoms with van der Waals surface area (Å²) in [5, 5.41) is 7.13. The Hall–Kier alpha value is -3.97. The number of rotatable bonds is 7. The molecule has 4 aliphatic heterocycles. The van der Waals surface area contributed by atoms with E-state index >= 15 is 8.78 Å². The molecule has 5 heterocycles. The van der Waals surface area contributed by atoms with E-state index in [9.17, 15) is 18.8 Å². The number of aromatic nitrogens is 1. The number of halogens is 3. The van der Waals surface area contributed by atoms with Crippen LogP contribution in [0, 0.1) is 5.82 Å². The maximum absolute atomic E-state index is 15.5. The van der Waals surface area contributed by atoms with Crippen molar-refractivity contribution in [3.05, 3.63) is 58.9 Å². The molecule has 10 nitrogen and oxygen atoms in total. The van der Waals surface area contributed by atoms with Gasteiger partial charge in [-0.05, 0) is 61.6 Å². The largest absolute Gasteiger partial charge is 0.354 e. The maximum Gasteiger partial charge on any atom is 0.275 e. The standard InChI is InChI=1S/C32H35F3N6O4/c33-22-4-6-24-26(17-22)45-37-29(24)40-14-12-39(13-15-40)27-9-11-38(19-32(27,34)35)10-1-2-20-3-5-23-21(16-20)18-41(31(23)44)25-7-8-28(42)36-30(25)43/h3-6,16-17,25,27H,1-2,7-15,18-19H2,(H,36,42,43). The number of aryl methyl sites for hydroxylation is 1. The number of amides is 3. The molecule has 238 valence electrons. The van der Waals surface area contributed by atoms with Crippen LogP contribution in [0.15, 0.2) is 40.9 Å². The number of benzene rings is 2. The van der Waals surface area contributed by atoms with Crippen molar-refractivity contribution >= 4 is 34.5 Å². The van der Waals surface area contributed by atoms with Crippen molar-refractivity contribution in [3.8, 4) is 0 Å². The second-order valence-electron chi connectivity index (χ2n) is 12.5. The van der Waals surface area contributed by atoms with Crippen LogP contribution in [0.25, 0.3) is 11.0 Å². The third kappa shape index (κ3) is 5.79. The van der Waals surface area contributed by atoms with E-state index in [2.05, 4.69) is 10.5 Å². The zero-order chi connectivity index (χ0) is 31.3. The van der Waals surface area contributed by atoms with Crippen LogP contribution < -0.4 is 10.2 Å². The number of likely N-dealkylation sites (tertiary alicyclic amines) is 1. The summed E-state index contributed by atoms with van der Waals surface area (Å²) in [6.45, 7) is 3.22. The van der Waals surface area contributed by atoms with E-state index in [1.54, 1.807) is 12.1 Å². The van der Waals surface area contributed by atoms with Crippen molar-refractivity contribution in [3.63, 3.8) is 0 Å². The number of nitrogens with one attached hydrogen (secondary N) is 1. The molecule has 3 aromatic rings. The lowest BCUT2D eigenvalue weighted by Crippen LogP contribution is -2.62. The van der Waals surface area contributed by atoms with Gasteiger partial charge in [0.05, 0.1) is 18.0 Å². The quantitative estimate of drug-likeness (QED) is 0.400. The lowest BCUT2D eigenvalue weighted by Gasteiger charge is -2.46. The van der Waals surface area contributed by atoms with Gasteiger partial charge in [-0.1, -0.05) is 17.3 Å². The van der Waals surface area contributed by atoms with Gasteiger partial charge < -0.3 is 14.3 Å². The minimum atomic E-state index is -2.84. The van der Waals surface area contributed by atoms with Gasteiger partial charge in [0.2, 0.25) is 11.8 Å². The molecule has 0 radical (unpaired) electrons. The fourth-order valence-electron chi connectivity index (χ4n) is 7.30. The summed E-state index contributed by atoms with van der Waals surface area (Å²) in [4.78, 5) is 44.0. The molecule has 0 saturated carbocycles. The van der Waals surface area contributed by atoms with E-state index in [1.807, 2.05) is 26.8 Å². The number of hydrogen-bond acceptors (Lipinski definition) is 8. The average Bonchev–Trinajstić information content (AvgIpc) is 3.57. The first-order valence-electron chi connectivity index (χ1n) is 15.6. The molecule has 0 aliphatic carbocycles. The number of piperazine rings is 1. The molecule has 1 N–H and O–H groups in total. The number of piperidine rings is 2. The highest BCUT2D eigenvalue weighted by Crippen LogP contribution is 2.34. The number of anilines is 1. The highest BCUT2D eigenvalue weighted by Gasteiger charge is 2.48. The van der Waals surface area contributed by atoms with Gasteiger partial charge in [-0.3, -0.25) is 29.5 Å². The first-order valence-corrected chi connectivity index (χ1v) is 15.6. The van der Waals surface area contributed by atoms with E-state index in [1.165, 1.54) is 17.0 Å². The van der Waals surface area contributed by atoms with Crippen LogP contribution in [-0.2, 0) is 22.6 Å². The van der Waals surface area contributed by atoms with Crippen molar-refractivity contribution in [2.75, 3.05) is 50.7 Å². The van der Waals surface area contributed by atoms with Crippen molar-refractivity contribution in [2.45, 2.75) is 56.7 Å². The van der Waals surface area contributed by atoms with Crippen molar-refractivity contribution in [1.29, 1.82) is 0 Å². The molecule has 2 aromatic carbocycles. The average molecular weight is 625 g/mol. The first kappa shape index (κ1) is 29.7. The number of nitrogens with zero attached hydrogens (tertiary/aromatic N) is 5. The number of carbonyl (C=O) groups is 3. The molecule has 4 aliphatic rings. The molecule has 45 heavy (non-hydrogen) atoms. The molecule has 2 atom stereocenters. The van der Waals surface area contributed by atoms with Crippen LogP contribution in [0.2, 0.25) is 0 Å². The lowest BCUT2D eigenvalue weighted by atomic mass is 9.97. The van der Waals surface area contributed by atoms with Gasteiger partial charge in [0.25, 0.3) is 11.8 Å². The van der Waals surface area contributed by atoms with Crippen LogP contribution in [0.3, 0.4) is 0 Å². The van der Waals surface area contributed by atoms with Gasteiger partial charge in [0.1, 0.15) is 11.9 Å². The second kappa shape index (κ2) is 11.8. The smallest absolute Gasteiger partial charge is 0.275 e. The van der Waals surface area contributed by atoms with E-state index in [0.717, 1.165) is 11.1 Å². The van der Waals surface area contributed by atoms with Gasteiger partial charge in [0.15, 0.2) is 11.4 Å². The predicted molar refractivity (Wildman–Crippen MR) is 158 cm³/mol. The monoisotopic (exact) mass is 624 g/mol. The Kier molecular flexibility index (Phi) is 7.76. The van der Waals surface area contributed by atoms with Crippen LogP contribution in [0.5, 0.6) is 0 Å². The zero-order valence-electron chi connectivity index (χ0n) is 24.8. The molecular weight excluding hydrogens is 589 g/mol. The van der Waals surface area contributed by atoms with Crippen molar-refractivity contribution in [1.82, 2.24) is 25.2 Å². The Bertz CT molecular complexity index is 1640. The number of alkyl halides is 2. The number of fused-ring (bicyclic) bond motifs is 2. The summed E-state index contributed by atoms with van der Waals surface area (Å²) in [7, 11) is 0. The van der Waals surface area contributed by atoms with Crippen LogP contribution in [0.4, 0.5) is 19.0 Å².